The molecular formula is C12H17ClFNO. The molecule has 0 amide bonds. The number of piperidine rings is 1. The predicted molar refractivity (Wildman–Crippen MR) is 65.0 cm³/mol. The summed E-state index contributed by atoms with van der Waals surface area (Å²) in [6.07, 6.45) is 2.15. The molecule has 0 unspecified atom stereocenters. The zero-order chi connectivity index (χ0) is 10.7. The highest BCUT2D eigenvalue weighted by Gasteiger charge is 2.16. The first-order chi connectivity index (χ1) is 7.29. The van der Waals surface area contributed by atoms with Crippen molar-refractivity contribution in [3.63, 3.8) is 0 Å². The van der Waals surface area contributed by atoms with E-state index in [2.05, 4.69) is 5.32 Å². The lowest BCUT2D eigenvalue weighted by Gasteiger charge is -2.23. The average Bonchev–Trinajstić information content (AvgIpc) is 2.29. The third-order valence-corrected chi connectivity index (χ3v) is 2.94. The summed E-state index contributed by atoms with van der Waals surface area (Å²) in [5.41, 5.74) is 1.06. The fourth-order valence-corrected chi connectivity index (χ4v) is 2.09. The highest BCUT2D eigenvalue weighted by atomic mass is 35.5. The van der Waals surface area contributed by atoms with Gasteiger partial charge in [-0.1, -0.05) is 0 Å². The van der Waals surface area contributed by atoms with Gasteiger partial charge in [0.05, 0.1) is 7.11 Å². The van der Waals surface area contributed by atoms with Crippen molar-refractivity contribution in [1.29, 1.82) is 0 Å². The lowest BCUT2D eigenvalue weighted by molar-refractivity contribution is 0.407. The van der Waals surface area contributed by atoms with Gasteiger partial charge in [0.1, 0.15) is 11.6 Å². The minimum Gasteiger partial charge on any atom is -0.497 e. The fraction of sp³-hybridized carbons (Fsp3) is 0.500. The highest BCUT2D eigenvalue weighted by molar-refractivity contribution is 5.85. The number of halogens is 2. The van der Waals surface area contributed by atoms with E-state index in [0.717, 1.165) is 31.5 Å². The van der Waals surface area contributed by atoms with Gasteiger partial charge in [-0.3, -0.25) is 0 Å². The molecule has 4 heteroatoms. The van der Waals surface area contributed by atoms with E-state index in [1.54, 1.807) is 13.2 Å². The lowest BCUT2D eigenvalue weighted by atomic mass is 9.90. The van der Waals surface area contributed by atoms with Crippen molar-refractivity contribution in [2.45, 2.75) is 18.8 Å². The monoisotopic (exact) mass is 245 g/mol. The molecule has 1 aliphatic heterocycles. The molecule has 0 saturated carbocycles. The summed E-state index contributed by atoms with van der Waals surface area (Å²) in [6, 6.07) is 4.99. The Kier molecular flexibility index (Phi) is 5.03. The quantitative estimate of drug-likeness (QED) is 0.865. The van der Waals surface area contributed by atoms with Crippen molar-refractivity contribution in [1.82, 2.24) is 5.32 Å². The lowest BCUT2D eigenvalue weighted by Crippen LogP contribution is -2.26. The third-order valence-electron chi connectivity index (χ3n) is 2.94. The summed E-state index contributed by atoms with van der Waals surface area (Å²) in [7, 11) is 1.57. The van der Waals surface area contributed by atoms with Crippen LogP contribution in [-0.4, -0.2) is 20.2 Å². The number of ether oxygens (including phenoxy) is 1. The number of benzene rings is 1. The molecule has 0 radical (unpaired) electrons. The number of hydrogen-bond donors (Lipinski definition) is 1. The standard InChI is InChI=1S/C12H16FNO.ClH/c1-15-12-7-10(6-11(13)8-12)9-2-4-14-5-3-9;/h6-9,14H,2-5H2,1H3;1H. The molecule has 1 N–H and O–H groups in total. The fourth-order valence-electron chi connectivity index (χ4n) is 2.09. The van der Waals surface area contributed by atoms with Gasteiger partial charge in [0, 0.05) is 6.07 Å². The molecule has 0 bridgehead atoms. The van der Waals surface area contributed by atoms with Gasteiger partial charge in [-0.05, 0) is 49.5 Å². The molecule has 0 spiro atoms. The Morgan fingerprint density at radius 3 is 2.56 bits per heavy atom. The van der Waals surface area contributed by atoms with E-state index < -0.39 is 0 Å². The molecule has 2 nitrogen and oxygen atoms in total. The molecule has 1 fully saturated rings. The summed E-state index contributed by atoms with van der Waals surface area (Å²) < 4.78 is 18.3. The van der Waals surface area contributed by atoms with Gasteiger partial charge in [0.15, 0.2) is 0 Å². The third kappa shape index (κ3) is 3.09. The zero-order valence-corrected chi connectivity index (χ0v) is 10.1. The molecule has 1 aliphatic rings. The maximum atomic E-state index is 13.3. The molecule has 0 aliphatic carbocycles. The summed E-state index contributed by atoms with van der Waals surface area (Å²) in [4.78, 5) is 0. The smallest absolute Gasteiger partial charge is 0.127 e. The van der Waals surface area contributed by atoms with Crippen molar-refractivity contribution in [3.8, 4) is 5.75 Å². The van der Waals surface area contributed by atoms with Gasteiger partial charge >= 0.3 is 0 Å². The Hall–Kier alpha value is -0.800. The maximum absolute atomic E-state index is 13.3. The van der Waals surface area contributed by atoms with E-state index in [1.165, 1.54) is 6.07 Å². The van der Waals surface area contributed by atoms with Gasteiger partial charge in [-0.15, -0.1) is 12.4 Å². The van der Waals surface area contributed by atoms with Crippen LogP contribution in [-0.2, 0) is 0 Å². The van der Waals surface area contributed by atoms with E-state index in [1.807, 2.05) is 6.07 Å². The second kappa shape index (κ2) is 6.06. The summed E-state index contributed by atoms with van der Waals surface area (Å²) in [6.45, 7) is 2.03. The Morgan fingerprint density at radius 1 is 1.25 bits per heavy atom. The van der Waals surface area contributed by atoms with Crippen LogP contribution >= 0.6 is 12.4 Å². The van der Waals surface area contributed by atoms with Crippen LogP contribution in [0, 0.1) is 5.82 Å². The van der Waals surface area contributed by atoms with Crippen molar-refractivity contribution in [3.05, 3.63) is 29.6 Å². The molecule has 0 atom stereocenters. The van der Waals surface area contributed by atoms with Gasteiger partial charge in [-0.2, -0.15) is 0 Å². The van der Waals surface area contributed by atoms with Crippen LogP contribution in [0.25, 0.3) is 0 Å². The molecule has 1 saturated heterocycles. The Labute approximate surface area is 102 Å². The van der Waals surface area contributed by atoms with Crippen LogP contribution in [0.5, 0.6) is 5.75 Å². The van der Waals surface area contributed by atoms with E-state index in [9.17, 15) is 4.39 Å². The Balaban J connectivity index is 0.00000128. The number of nitrogens with one attached hydrogen (secondary N) is 1. The molecule has 90 valence electrons. The van der Waals surface area contributed by atoms with Gasteiger partial charge in [0.25, 0.3) is 0 Å². The first-order valence-corrected chi connectivity index (χ1v) is 5.35. The second-order valence-electron chi connectivity index (χ2n) is 3.95. The van der Waals surface area contributed by atoms with Crippen LogP contribution in [0.1, 0.15) is 24.3 Å². The highest BCUT2D eigenvalue weighted by Crippen LogP contribution is 2.28. The minimum absolute atomic E-state index is 0. The Bertz CT molecular complexity index is 340. The van der Waals surface area contributed by atoms with Crippen LogP contribution in [0.15, 0.2) is 18.2 Å². The molecule has 1 aromatic rings. The SMILES string of the molecule is COc1cc(F)cc(C2CCNCC2)c1.Cl. The minimum atomic E-state index is -0.206. The molecule has 0 aromatic heterocycles. The normalized spacial score (nSPS) is 16.6. The van der Waals surface area contributed by atoms with Crippen molar-refractivity contribution >= 4 is 12.4 Å². The number of rotatable bonds is 2. The first kappa shape index (κ1) is 13.3. The van der Waals surface area contributed by atoms with Gasteiger partial charge < -0.3 is 10.1 Å². The topological polar surface area (TPSA) is 21.3 Å². The summed E-state index contributed by atoms with van der Waals surface area (Å²) in [5, 5.41) is 3.30. The molecular weight excluding hydrogens is 229 g/mol. The average molecular weight is 246 g/mol. The van der Waals surface area contributed by atoms with Crippen LogP contribution < -0.4 is 10.1 Å². The number of hydrogen-bond acceptors (Lipinski definition) is 2. The molecule has 1 heterocycles. The van der Waals surface area contributed by atoms with Gasteiger partial charge in [0.2, 0.25) is 0 Å². The molecule has 1 aromatic carbocycles. The van der Waals surface area contributed by atoms with Crippen LogP contribution in [0.4, 0.5) is 4.39 Å². The second-order valence-corrected chi connectivity index (χ2v) is 3.95. The van der Waals surface area contributed by atoms with Crippen LogP contribution in [0.2, 0.25) is 0 Å². The first-order valence-electron chi connectivity index (χ1n) is 5.35. The molecule has 2 rings (SSSR count). The van der Waals surface area contributed by atoms with Crippen molar-refractivity contribution in [2.24, 2.45) is 0 Å². The number of methoxy groups -OCH3 is 1. The summed E-state index contributed by atoms with van der Waals surface area (Å²) in [5.74, 6) is 0.877. The largest absolute Gasteiger partial charge is 0.497 e. The van der Waals surface area contributed by atoms with E-state index in [0.29, 0.717) is 11.7 Å². The van der Waals surface area contributed by atoms with E-state index in [-0.39, 0.29) is 18.2 Å². The van der Waals surface area contributed by atoms with Crippen molar-refractivity contribution in [2.75, 3.05) is 20.2 Å². The maximum Gasteiger partial charge on any atom is 0.127 e. The van der Waals surface area contributed by atoms with E-state index in [4.69, 9.17) is 4.74 Å². The van der Waals surface area contributed by atoms with E-state index >= 15 is 0 Å². The van der Waals surface area contributed by atoms with Crippen molar-refractivity contribution < 1.29 is 9.13 Å². The van der Waals surface area contributed by atoms with Crippen LogP contribution in [0.3, 0.4) is 0 Å². The summed E-state index contributed by atoms with van der Waals surface area (Å²) >= 11 is 0. The Morgan fingerprint density at radius 2 is 1.94 bits per heavy atom. The molecule has 16 heavy (non-hydrogen) atoms. The predicted octanol–water partition coefficient (Wildman–Crippen LogP) is 2.72. The zero-order valence-electron chi connectivity index (χ0n) is 9.33. The van der Waals surface area contributed by atoms with Gasteiger partial charge in [-0.25, -0.2) is 4.39 Å².